The van der Waals surface area contributed by atoms with Crippen molar-refractivity contribution in [2.45, 2.75) is 45.9 Å². The second-order valence-electron chi connectivity index (χ2n) is 8.26. The van der Waals surface area contributed by atoms with E-state index in [4.69, 9.17) is 13.1 Å². The number of benzene rings is 2. The monoisotopic (exact) mass is 522 g/mol. The van der Waals surface area contributed by atoms with E-state index in [-0.39, 0.29) is 11.2 Å². The van der Waals surface area contributed by atoms with Crippen molar-refractivity contribution in [1.82, 2.24) is 9.97 Å². The molecule has 2 aromatic heterocycles. The molecule has 5 rings (SSSR count). The van der Waals surface area contributed by atoms with Gasteiger partial charge in [0.15, 0.2) is 6.29 Å². The van der Waals surface area contributed by atoms with Crippen LogP contribution in [0.25, 0.3) is 0 Å². The van der Waals surface area contributed by atoms with Crippen LogP contribution in [0.3, 0.4) is 0 Å². The van der Waals surface area contributed by atoms with E-state index in [9.17, 15) is 8.42 Å². The number of rotatable bonds is 8. The molecule has 0 saturated carbocycles. The van der Waals surface area contributed by atoms with Gasteiger partial charge in [0.2, 0.25) is 0 Å². The summed E-state index contributed by atoms with van der Waals surface area (Å²) in [4.78, 5) is 9.80. The molecular formula is C27H26N2O5S2. The number of ether oxygens (including phenoxy) is 2. The summed E-state index contributed by atoms with van der Waals surface area (Å²) in [7, 11) is -7.09. The minimum atomic E-state index is -4.20. The lowest BCUT2D eigenvalue weighted by atomic mass is 10.2. The van der Waals surface area contributed by atoms with Crippen LogP contribution in [0.2, 0.25) is 0 Å². The van der Waals surface area contributed by atoms with E-state index >= 15 is 0 Å². The molecule has 1 unspecified atom stereocenters. The van der Waals surface area contributed by atoms with E-state index in [1.165, 1.54) is 0 Å². The van der Waals surface area contributed by atoms with E-state index < -0.39 is 20.4 Å². The molecule has 1 saturated heterocycles. The summed E-state index contributed by atoms with van der Waals surface area (Å²) in [5.74, 6) is 0.627. The molecular weight excluding hydrogens is 496 g/mol. The first-order valence-electron chi connectivity index (χ1n) is 11.5. The van der Waals surface area contributed by atoms with Crippen LogP contribution >= 0.6 is 10.3 Å². The van der Waals surface area contributed by atoms with E-state index in [0.29, 0.717) is 27.3 Å². The molecule has 0 spiro atoms. The molecule has 1 aliphatic heterocycles. The third-order valence-corrected chi connectivity index (χ3v) is 10.7. The Morgan fingerprint density at radius 1 is 0.806 bits per heavy atom. The van der Waals surface area contributed by atoms with Crippen molar-refractivity contribution in [3.8, 4) is 5.75 Å². The predicted octanol–water partition coefficient (Wildman–Crippen LogP) is 5.90. The number of aryl methyl sites for hydroxylation is 1. The Bertz CT molecular complexity index is 1350. The molecule has 0 amide bonds. The third-order valence-electron chi connectivity index (χ3n) is 5.68. The highest BCUT2D eigenvalue weighted by Gasteiger charge is 2.40. The number of aromatic nitrogens is 2. The van der Waals surface area contributed by atoms with Crippen molar-refractivity contribution in [2.75, 3.05) is 6.61 Å². The lowest BCUT2D eigenvalue weighted by Gasteiger charge is -2.37. The summed E-state index contributed by atoms with van der Waals surface area (Å²) < 4.78 is 45.1. The quantitative estimate of drug-likeness (QED) is 0.285. The Labute approximate surface area is 212 Å². The van der Waals surface area contributed by atoms with Crippen LogP contribution in [0, 0.1) is 6.92 Å². The molecule has 1 aliphatic rings. The van der Waals surface area contributed by atoms with Gasteiger partial charge in [-0.15, -0.1) is 0 Å². The average Bonchev–Trinajstić information content (AvgIpc) is 3.42. The summed E-state index contributed by atoms with van der Waals surface area (Å²) in [6, 6.07) is 24.5. The Kier molecular flexibility index (Phi) is 7.06. The van der Waals surface area contributed by atoms with E-state index in [1.807, 2.05) is 31.2 Å². The van der Waals surface area contributed by atoms with Crippen LogP contribution in [-0.2, 0) is 18.5 Å². The fourth-order valence-corrected chi connectivity index (χ4v) is 8.78. The van der Waals surface area contributed by atoms with Crippen LogP contribution in [0.4, 0.5) is 0 Å². The Morgan fingerprint density at radius 2 is 1.42 bits per heavy atom. The van der Waals surface area contributed by atoms with Gasteiger partial charge in [-0.05, 0) is 74.0 Å². The van der Waals surface area contributed by atoms with E-state index in [0.717, 1.165) is 18.4 Å². The Hall–Kier alpha value is -3.24. The highest BCUT2D eigenvalue weighted by Crippen LogP contribution is 2.69. The van der Waals surface area contributed by atoms with Gasteiger partial charge in [0, 0.05) is 34.0 Å². The first kappa shape index (κ1) is 24.5. The molecule has 1 fully saturated rings. The van der Waals surface area contributed by atoms with Crippen molar-refractivity contribution in [3.63, 3.8) is 0 Å². The van der Waals surface area contributed by atoms with Crippen molar-refractivity contribution >= 4 is 20.4 Å². The Morgan fingerprint density at radius 3 is 1.94 bits per heavy atom. The number of nitrogens with zero attached hydrogens (tertiary/aromatic N) is 2. The zero-order chi connectivity index (χ0) is 25.0. The first-order chi connectivity index (χ1) is 17.5. The molecule has 3 heterocycles. The molecule has 186 valence electrons. The molecule has 7 nitrogen and oxygen atoms in total. The molecule has 0 radical (unpaired) electrons. The third kappa shape index (κ3) is 5.01. The average molecular weight is 523 g/mol. The first-order valence-corrected chi connectivity index (χ1v) is 14.5. The topological polar surface area (TPSA) is 87.6 Å². The number of pyridine rings is 2. The van der Waals surface area contributed by atoms with Gasteiger partial charge in [0.1, 0.15) is 15.8 Å². The molecule has 2 aromatic carbocycles. The highest BCUT2D eigenvalue weighted by molar-refractivity contribution is 8.33. The normalized spacial score (nSPS) is 16.5. The van der Waals surface area contributed by atoms with Crippen LogP contribution in [0.1, 0.15) is 18.4 Å². The standard InChI is InChI=1S/C27H26N2O5S2/c1-21-10-14-24(15-11-21)36(30,31)34-35(25-7-2-4-18-28-25,26-8-3-5-19-29-26)23-16-12-22(13-17-23)33-27-9-6-20-32-27/h2-5,7-8,10-19,27H,6,9,20H2,1H3. The van der Waals surface area contributed by atoms with Gasteiger partial charge >= 0.3 is 10.1 Å². The fourth-order valence-electron chi connectivity index (χ4n) is 3.87. The SMILES string of the molecule is Cc1ccc(S(=O)(=O)OS(c2ccc(OC3CCCO3)cc2)(c2ccccn2)c2ccccn2)cc1. The van der Waals surface area contributed by atoms with Crippen LogP contribution in [0.15, 0.2) is 117 Å². The summed E-state index contributed by atoms with van der Waals surface area (Å²) >= 11 is 0. The zero-order valence-corrected chi connectivity index (χ0v) is 21.3. The molecule has 1 atom stereocenters. The van der Waals surface area contributed by atoms with Gasteiger partial charge in [0.05, 0.1) is 11.5 Å². The van der Waals surface area contributed by atoms with Crippen LogP contribution < -0.4 is 4.74 Å². The molecule has 0 bridgehead atoms. The van der Waals surface area contributed by atoms with E-state index in [2.05, 4.69) is 9.97 Å². The summed E-state index contributed by atoms with van der Waals surface area (Å²) in [6.45, 7) is 2.58. The number of hydrogen-bond donors (Lipinski definition) is 0. The Balaban J connectivity index is 1.65. The minimum absolute atomic E-state index is 0.0650. The highest BCUT2D eigenvalue weighted by atomic mass is 32.3. The second kappa shape index (κ2) is 10.4. The van der Waals surface area contributed by atoms with Gasteiger partial charge in [-0.3, -0.25) is 0 Å². The maximum atomic E-state index is 13.7. The lowest BCUT2D eigenvalue weighted by Crippen LogP contribution is -2.16. The minimum Gasteiger partial charge on any atom is -0.465 e. The van der Waals surface area contributed by atoms with Gasteiger partial charge in [-0.1, -0.05) is 29.8 Å². The van der Waals surface area contributed by atoms with E-state index in [1.54, 1.807) is 73.1 Å². The van der Waals surface area contributed by atoms with Gasteiger partial charge < -0.3 is 9.47 Å². The maximum Gasteiger partial charge on any atom is 0.307 e. The molecule has 0 aliphatic carbocycles. The molecule has 36 heavy (non-hydrogen) atoms. The largest absolute Gasteiger partial charge is 0.465 e. The van der Waals surface area contributed by atoms with Gasteiger partial charge in [-0.25, -0.2) is 9.97 Å². The molecule has 4 aromatic rings. The molecule has 0 N–H and O–H groups in total. The zero-order valence-electron chi connectivity index (χ0n) is 19.7. The van der Waals surface area contributed by atoms with Crippen molar-refractivity contribution in [3.05, 3.63) is 103 Å². The van der Waals surface area contributed by atoms with Crippen molar-refractivity contribution in [2.24, 2.45) is 0 Å². The lowest BCUT2D eigenvalue weighted by molar-refractivity contribution is -0.0390. The van der Waals surface area contributed by atoms with Crippen LogP contribution in [0.5, 0.6) is 5.75 Å². The second-order valence-corrected chi connectivity index (χ2v) is 12.6. The van der Waals surface area contributed by atoms with Crippen molar-refractivity contribution < 1.29 is 21.5 Å². The van der Waals surface area contributed by atoms with Gasteiger partial charge in [-0.2, -0.15) is 12.0 Å². The molecule has 9 heteroatoms. The fraction of sp³-hybridized carbons (Fsp3) is 0.185. The number of hydrogen-bond acceptors (Lipinski definition) is 7. The maximum absolute atomic E-state index is 13.7. The van der Waals surface area contributed by atoms with Crippen molar-refractivity contribution in [1.29, 1.82) is 0 Å². The predicted molar refractivity (Wildman–Crippen MR) is 136 cm³/mol. The summed E-state index contributed by atoms with van der Waals surface area (Å²) in [5, 5.41) is 0.930. The smallest absolute Gasteiger partial charge is 0.307 e. The van der Waals surface area contributed by atoms with Crippen LogP contribution in [-0.4, -0.2) is 31.3 Å². The summed E-state index contributed by atoms with van der Waals surface area (Å²) in [6.07, 6.45) is 4.75. The summed E-state index contributed by atoms with van der Waals surface area (Å²) in [5.41, 5.74) is 0.948. The van der Waals surface area contributed by atoms with Gasteiger partial charge in [0.25, 0.3) is 0 Å².